The molecule has 2 fully saturated rings. The summed E-state index contributed by atoms with van der Waals surface area (Å²) in [6.07, 6.45) is 3.45. The number of likely N-dealkylation sites (tertiary alicyclic amines) is 1. The van der Waals surface area contributed by atoms with Crippen LogP contribution in [0, 0.1) is 11.8 Å². The van der Waals surface area contributed by atoms with Crippen LogP contribution in [0.1, 0.15) is 57.6 Å². The zero-order valence-electron chi connectivity index (χ0n) is 15.8. The predicted octanol–water partition coefficient (Wildman–Crippen LogP) is 3.20. The van der Waals surface area contributed by atoms with Crippen molar-refractivity contribution in [3.8, 4) is 0 Å². The molecule has 1 aromatic carbocycles. The third-order valence-corrected chi connectivity index (χ3v) is 5.44. The van der Waals surface area contributed by atoms with Gasteiger partial charge < -0.3 is 4.74 Å². The van der Waals surface area contributed by atoms with E-state index in [1.165, 1.54) is 5.56 Å². The van der Waals surface area contributed by atoms with E-state index in [1.807, 2.05) is 24.3 Å². The Morgan fingerprint density at radius 1 is 1.04 bits per heavy atom. The summed E-state index contributed by atoms with van der Waals surface area (Å²) in [5, 5.41) is 0. The molecule has 0 radical (unpaired) electrons. The van der Waals surface area contributed by atoms with Gasteiger partial charge in [0.1, 0.15) is 13.2 Å². The molecule has 0 bridgehead atoms. The van der Waals surface area contributed by atoms with Crippen LogP contribution in [0.2, 0.25) is 0 Å². The fourth-order valence-electron chi connectivity index (χ4n) is 3.83. The molecule has 1 saturated heterocycles. The van der Waals surface area contributed by atoms with Gasteiger partial charge in [-0.05, 0) is 29.4 Å². The first-order valence-electron chi connectivity index (χ1n) is 9.37. The Hall–Kier alpha value is -2.17. The van der Waals surface area contributed by atoms with Crippen molar-refractivity contribution in [2.75, 3.05) is 6.54 Å². The number of benzene rings is 1. The molecule has 5 heteroatoms. The fraction of sp³-hybridized carbons (Fsp3) is 0.571. The number of amides is 2. The number of esters is 1. The molecule has 0 unspecified atom stereocenters. The standard InChI is InChI=1S/C21H27NO4/c1-21(2,3)15-10-8-14(9-11-15)13-26-18(23)12-22-19(24)16-6-4-5-7-17(16)20(22)25/h8-11,16-17H,4-7,12-13H2,1-3H3/t16-,17-/m1/s1. The molecule has 1 heterocycles. The number of nitrogens with zero attached hydrogens (tertiary/aromatic N) is 1. The second-order valence-corrected chi connectivity index (χ2v) is 8.37. The van der Waals surface area contributed by atoms with Gasteiger partial charge in [-0.15, -0.1) is 0 Å². The van der Waals surface area contributed by atoms with Gasteiger partial charge in [0.25, 0.3) is 0 Å². The number of carbonyl (C=O) groups is 3. The topological polar surface area (TPSA) is 63.7 Å². The highest BCUT2D eigenvalue weighted by atomic mass is 16.5. The van der Waals surface area contributed by atoms with Crippen molar-refractivity contribution < 1.29 is 19.1 Å². The summed E-state index contributed by atoms with van der Waals surface area (Å²) in [5.41, 5.74) is 2.17. The summed E-state index contributed by atoms with van der Waals surface area (Å²) in [6, 6.07) is 7.94. The third kappa shape index (κ3) is 3.81. The average molecular weight is 357 g/mol. The Balaban J connectivity index is 1.54. The molecule has 2 atom stereocenters. The second kappa shape index (κ2) is 7.22. The molecular weight excluding hydrogens is 330 g/mol. The minimum atomic E-state index is -0.537. The van der Waals surface area contributed by atoms with Gasteiger partial charge in [0.15, 0.2) is 0 Å². The van der Waals surface area contributed by atoms with Crippen molar-refractivity contribution in [1.29, 1.82) is 0 Å². The summed E-state index contributed by atoms with van der Waals surface area (Å²) < 4.78 is 5.28. The van der Waals surface area contributed by atoms with Crippen LogP contribution in [0.4, 0.5) is 0 Å². The van der Waals surface area contributed by atoms with Crippen molar-refractivity contribution in [3.63, 3.8) is 0 Å². The molecule has 5 nitrogen and oxygen atoms in total. The molecule has 1 aliphatic carbocycles. The molecule has 0 N–H and O–H groups in total. The summed E-state index contributed by atoms with van der Waals surface area (Å²) in [4.78, 5) is 38.0. The van der Waals surface area contributed by atoms with Gasteiger partial charge in [-0.25, -0.2) is 0 Å². The molecule has 0 spiro atoms. The molecule has 2 aliphatic rings. The van der Waals surface area contributed by atoms with E-state index in [1.54, 1.807) is 0 Å². The summed E-state index contributed by atoms with van der Waals surface area (Å²) >= 11 is 0. The highest BCUT2D eigenvalue weighted by molar-refractivity contribution is 6.07. The van der Waals surface area contributed by atoms with Crippen molar-refractivity contribution in [1.82, 2.24) is 4.90 Å². The first kappa shape index (κ1) is 18.6. The summed E-state index contributed by atoms with van der Waals surface area (Å²) in [5.74, 6) is -1.40. The van der Waals surface area contributed by atoms with E-state index in [0.717, 1.165) is 36.1 Å². The molecule has 1 saturated carbocycles. The lowest BCUT2D eigenvalue weighted by Crippen LogP contribution is -2.36. The SMILES string of the molecule is CC(C)(C)c1ccc(COC(=O)CN2C(=O)[C@@H]3CCCC[C@H]3C2=O)cc1. The lowest BCUT2D eigenvalue weighted by Gasteiger charge is -2.19. The van der Waals surface area contributed by atoms with Crippen molar-refractivity contribution >= 4 is 17.8 Å². The van der Waals surface area contributed by atoms with Crippen molar-refractivity contribution in [2.24, 2.45) is 11.8 Å². The lowest BCUT2D eigenvalue weighted by molar-refractivity contribution is -0.153. The second-order valence-electron chi connectivity index (χ2n) is 8.37. The molecular formula is C21H27NO4. The van der Waals surface area contributed by atoms with Crippen LogP contribution in [-0.4, -0.2) is 29.2 Å². The number of imide groups is 1. The van der Waals surface area contributed by atoms with Crippen LogP contribution in [0.25, 0.3) is 0 Å². The van der Waals surface area contributed by atoms with Crippen molar-refractivity contribution in [2.45, 2.75) is 58.5 Å². The quantitative estimate of drug-likeness (QED) is 0.613. The van der Waals surface area contributed by atoms with Gasteiger partial charge in [0, 0.05) is 0 Å². The number of hydrogen-bond acceptors (Lipinski definition) is 4. The Labute approximate surface area is 154 Å². The minimum Gasteiger partial charge on any atom is -0.459 e. The summed E-state index contributed by atoms with van der Waals surface area (Å²) in [7, 11) is 0. The highest BCUT2D eigenvalue weighted by Gasteiger charge is 2.48. The number of ether oxygens (including phenoxy) is 1. The molecule has 0 aromatic heterocycles. The molecule has 3 rings (SSSR count). The normalized spacial score (nSPS) is 23.1. The van der Waals surface area contributed by atoms with Gasteiger partial charge in [0.05, 0.1) is 11.8 Å². The van der Waals surface area contributed by atoms with Gasteiger partial charge in [-0.1, -0.05) is 57.9 Å². The maximum Gasteiger partial charge on any atom is 0.326 e. The smallest absolute Gasteiger partial charge is 0.326 e. The minimum absolute atomic E-state index is 0.0719. The third-order valence-electron chi connectivity index (χ3n) is 5.44. The van der Waals surface area contributed by atoms with E-state index < -0.39 is 5.97 Å². The largest absolute Gasteiger partial charge is 0.459 e. The molecule has 2 amide bonds. The Bertz CT molecular complexity index is 678. The Morgan fingerprint density at radius 3 is 2.08 bits per heavy atom. The average Bonchev–Trinajstić information content (AvgIpc) is 2.85. The maximum atomic E-state index is 12.4. The number of carbonyl (C=O) groups excluding carboxylic acids is 3. The van der Waals surface area contributed by atoms with Crippen LogP contribution in [0.15, 0.2) is 24.3 Å². The Morgan fingerprint density at radius 2 is 1.58 bits per heavy atom. The number of fused-ring (bicyclic) bond motifs is 1. The molecule has 1 aliphatic heterocycles. The van der Waals surface area contributed by atoms with Crippen LogP contribution in [0.5, 0.6) is 0 Å². The number of rotatable bonds is 4. The van der Waals surface area contributed by atoms with Crippen LogP contribution in [-0.2, 0) is 31.1 Å². The Kier molecular flexibility index (Phi) is 5.17. The van der Waals surface area contributed by atoms with Crippen molar-refractivity contribution in [3.05, 3.63) is 35.4 Å². The van der Waals surface area contributed by atoms with Gasteiger partial charge in [-0.3, -0.25) is 19.3 Å². The van der Waals surface area contributed by atoms with E-state index >= 15 is 0 Å². The van der Waals surface area contributed by atoms with Crippen LogP contribution in [0.3, 0.4) is 0 Å². The van der Waals surface area contributed by atoms with Gasteiger partial charge >= 0.3 is 5.97 Å². The fourth-order valence-corrected chi connectivity index (χ4v) is 3.83. The van der Waals surface area contributed by atoms with E-state index in [4.69, 9.17) is 4.74 Å². The molecule has 1 aromatic rings. The monoisotopic (exact) mass is 357 g/mol. The molecule has 140 valence electrons. The van der Waals surface area contributed by atoms with E-state index in [0.29, 0.717) is 0 Å². The molecule has 26 heavy (non-hydrogen) atoms. The highest BCUT2D eigenvalue weighted by Crippen LogP contribution is 2.37. The zero-order valence-corrected chi connectivity index (χ0v) is 15.8. The van der Waals surface area contributed by atoms with Crippen LogP contribution >= 0.6 is 0 Å². The van der Waals surface area contributed by atoms with Gasteiger partial charge in [0.2, 0.25) is 11.8 Å². The van der Waals surface area contributed by atoms with E-state index in [9.17, 15) is 14.4 Å². The maximum absolute atomic E-state index is 12.4. The zero-order chi connectivity index (χ0) is 18.9. The van der Waals surface area contributed by atoms with Gasteiger partial charge in [-0.2, -0.15) is 0 Å². The van der Waals surface area contributed by atoms with E-state index in [2.05, 4.69) is 20.8 Å². The lowest BCUT2D eigenvalue weighted by atomic mass is 9.81. The van der Waals surface area contributed by atoms with E-state index in [-0.39, 0.29) is 42.2 Å². The summed E-state index contributed by atoms with van der Waals surface area (Å²) in [6.45, 7) is 6.30. The van der Waals surface area contributed by atoms with Crippen LogP contribution < -0.4 is 0 Å². The first-order chi connectivity index (χ1) is 12.3. The number of hydrogen-bond donors (Lipinski definition) is 0. The first-order valence-corrected chi connectivity index (χ1v) is 9.37. The predicted molar refractivity (Wildman–Crippen MR) is 97.1 cm³/mol.